The van der Waals surface area contributed by atoms with Gasteiger partial charge in [0.25, 0.3) is 5.91 Å². The predicted molar refractivity (Wildman–Crippen MR) is 94.1 cm³/mol. The van der Waals surface area contributed by atoms with Crippen molar-refractivity contribution in [2.75, 3.05) is 26.2 Å². The second kappa shape index (κ2) is 8.15. The molecule has 1 aromatic carbocycles. The van der Waals surface area contributed by atoms with Gasteiger partial charge < -0.3 is 15.5 Å². The minimum atomic E-state index is -0.457. The van der Waals surface area contributed by atoms with Crippen LogP contribution in [0.4, 0.5) is 4.39 Å². The van der Waals surface area contributed by atoms with E-state index in [9.17, 15) is 14.0 Å². The van der Waals surface area contributed by atoms with Gasteiger partial charge in [0.1, 0.15) is 5.82 Å². The Bertz CT molecular complexity index is 649. The van der Waals surface area contributed by atoms with Crippen LogP contribution in [0.3, 0.4) is 0 Å². The Morgan fingerprint density at radius 2 is 2.16 bits per heavy atom. The Morgan fingerprint density at radius 3 is 2.88 bits per heavy atom. The maximum absolute atomic E-state index is 13.2. The molecule has 0 bridgehead atoms. The number of carbonyl (C=O) groups excluding carboxylic acids is 2. The van der Waals surface area contributed by atoms with Crippen molar-refractivity contribution in [2.45, 2.75) is 31.7 Å². The van der Waals surface area contributed by atoms with Gasteiger partial charge in [-0.05, 0) is 56.3 Å². The second-order valence-corrected chi connectivity index (χ2v) is 7.18. The number of halogens is 2. The lowest BCUT2D eigenvalue weighted by Gasteiger charge is -2.33. The van der Waals surface area contributed by atoms with Crippen molar-refractivity contribution in [2.24, 2.45) is 5.92 Å². The third-order valence-corrected chi connectivity index (χ3v) is 5.22. The van der Waals surface area contributed by atoms with Crippen LogP contribution < -0.4 is 10.6 Å². The molecule has 2 unspecified atom stereocenters. The summed E-state index contributed by atoms with van der Waals surface area (Å²) in [5.41, 5.74) is 0.322. The number of carbonyl (C=O) groups is 2. The monoisotopic (exact) mass is 367 g/mol. The molecule has 136 valence electrons. The summed E-state index contributed by atoms with van der Waals surface area (Å²) in [6.45, 7) is 2.69. The molecule has 5 nitrogen and oxygen atoms in total. The summed E-state index contributed by atoms with van der Waals surface area (Å²) in [5, 5.41) is 6.31. The first-order chi connectivity index (χ1) is 12.0. The van der Waals surface area contributed by atoms with E-state index in [0.717, 1.165) is 38.3 Å². The quantitative estimate of drug-likeness (QED) is 0.857. The fourth-order valence-electron chi connectivity index (χ4n) is 3.53. The molecule has 0 aliphatic carbocycles. The molecular formula is C18H23ClFN3O2. The number of nitrogens with one attached hydrogen (secondary N) is 2. The predicted octanol–water partition coefficient (Wildman–Crippen LogP) is 2.20. The fourth-order valence-corrected chi connectivity index (χ4v) is 3.77. The molecule has 2 heterocycles. The Labute approximate surface area is 151 Å². The molecule has 25 heavy (non-hydrogen) atoms. The number of piperidine rings is 1. The van der Waals surface area contributed by atoms with Crippen molar-refractivity contribution < 1.29 is 14.0 Å². The summed E-state index contributed by atoms with van der Waals surface area (Å²) in [6.07, 6.45) is 3.76. The van der Waals surface area contributed by atoms with Crippen molar-refractivity contribution in [1.29, 1.82) is 0 Å². The van der Waals surface area contributed by atoms with E-state index in [4.69, 9.17) is 11.6 Å². The van der Waals surface area contributed by atoms with E-state index in [1.807, 2.05) is 0 Å². The molecular weight excluding hydrogens is 345 g/mol. The van der Waals surface area contributed by atoms with Crippen LogP contribution in [0.5, 0.6) is 0 Å². The first-order valence-corrected chi connectivity index (χ1v) is 9.18. The number of likely N-dealkylation sites (tertiary alicyclic amines) is 1. The molecule has 0 aromatic heterocycles. The maximum Gasteiger partial charge on any atom is 0.255 e. The standard InChI is InChI=1S/C18H23ClFN3O2/c19-15-9-13(20)5-6-14(15)18(25)23-8-2-3-12(11-23)10-22-17(24)16-4-1-7-21-16/h5-6,9,12,16,21H,1-4,7-8,10-11H2,(H,22,24). The van der Waals surface area contributed by atoms with Crippen molar-refractivity contribution in [1.82, 2.24) is 15.5 Å². The lowest BCUT2D eigenvalue weighted by atomic mass is 9.97. The normalized spacial score (nSPS) is 23.5. The van der Waals surface area contributed by atoms with Crippen molar-refractivity contribution in [3.05, 3.63) is 34.6 Å². The Kier molecular flexibility index (Phi) is 5.91. The topological polar surface area (TPSA) is 61.4 Å². The van der Waals surface area contributed by atoms with Gasteiger partial charge >= 0.3 is 0 Å². The largest absolute Gasteiger partial charge is 0.354 e. The molecule has 0 spiro atoms. The lowest BCUT2D eigenvalue weighted by Crippen LogP contribution is -2.46. The summed E-state index contributed by atoms with van der Waals surface area (Å²) in [6, 6.07) is 3.75. The van der Waals surface area contributed by atoms with E-state index < -0.39 is 5.82 Å². The molecule has 3 rings (SSSR count). The average molecular weight is 368 g/mol. The van der Waals surface area contributed by atoms with Crippen LogP contribution in [0.15, 0.2) is 18.2 Å². The van der Waals surface area contributed by atoms with Gasteiger partial charge in [0.2, 0.25) is 5.91 Å². The van der Waals surface area contributed by atoms with Gasteiger partial charge in [-0.2, -0.15) is 0 Å². The molecule has 0 saturated carbocycles. The van der Waals surface area contributed by atoms with Gasteiger partial charge in [-0.15, -0.1) is 0 Å². The van der Waals surface area contributed by atoms with Crippen LogP contribution in [-0.4, -0.2) is 48.9 Å². The SMILES string of the molecule is O=C(NCC1CCCN(C(=O)c2ccc(F)cc2Cl)C1)C1CCCN1. The second-order valence-electron chi connectivity index (χ2n) is 6.78. The molecule has 2 aliphatic rings. The molecule has 2 aliphatic heterocycles. The minimum Gasteiger partial charge on any atom is -0.354 e. The highest BCUT2D eigenvalue weighted by Crippen LogP contribution is 2.23. The van der Waals surface area contributed by atoms with E-state index in [1.54, 1.807) is 4.90 Å². The van der Waals surface area contributed by atoms with Crippen LogP contribution in [0.1, 0.15) is 36.0 Å². The molecule has 2 N–H and O–H groups in total. The van der Waals surface area contributed by atoms with Gasteiger partial charge in [-0.1, -0.05) is 11.6 Å². The number of hydrogen-bond acceptors (Lipinski definition) is 3. The Balaban J connectivity index is 1.55. The van der Waals surface area contributed by atoms with Gasteiger partial charge in [0, 0.05) is 19.6 Å². The highest BCUT2D eigenvalue weighted by atomic mass is 35.5. The Hall–Kier alpha value is -1.66. The van der Waals surface area contributed by atoms with Crippen LogP contribution in [-0.2, 0) is 4.79 Å². The van der Waals surface area contributed by atoms with Crippen molar-refractivity contribution in [3.8, 4) is 0 Å². The molecule has 2 atom stereocenters. The highest BCUT2D eigenvalue weighted by molar-refractivity contribution is 6.33. The third kappa shape index (κ3) is 4.50. The first kappa shape index (κ1) is 18.1. The van der Waals surface area contributed by atoms with Gasteiger partial charge in [-0.25, -0.2) is 4.39 Å². The van der Waals surface area contributed by atoms with Gasteiger partial charge in [-0.3, -0.25) is 9.59 Å². The highest BCUT2D eigenvalue weighted by Gasteiger charge is 2.27. The summed E-state index contributed by atoms with van der Waals surface area (Å²) in [4.78, 5) is 26.5. The molecule has 1 aromatic rings. The zero-order valence-corrected chi connectivity index (χ0v) is 14.8. The number of rotatable bonds is 4. The third-order valence-electron chi connectivity index (χ3n) is 4.91. The number of amides is 2. The van der Waals surface area contributed by atoms with Crippen LogP contribution in [0.2, 0.25) is 5.02 Å². The van der Waals surface area contributed by atoms with Crippen molar-refractivity contribution >= 4 is 23.4 Å². The summed E-state index contributed by atoms with van der Waals surface area (Å²) >= 11 is 6.00. The smallest absolute Gasteiger partial charge is 0.255 e. The van der Waals surface area contributed by atoms with Crippen LogP contribution in [0.25, 0.3) is 0 Å². The molecule has 2 amide bonds. The van der Waals surface area contributed by atoms with Gasteiger partial charge in [0.05, 0.1) is 16.6 Å². The molecule has 2 fully saturated rings. The fraction of sp³-hybridized carbons (Fsp3) is 0.556. The number of hydrogen-bond donors (Lipinski definition) is 2. The van der Waals surface area contributed by atoms with Crippen LogP contribution >= 0.6 is 11.6 Å². The maximum atomic E-state index is 13.2. The molecule has 7 heteroatoms. The Morgan fingerprint density at radius 1 is 1.32 bits per heavy atom. The summed E-state index contributed by atoms with van der Waals surface area (Å²) in [5.74, 6) is -0.371. The van der Waals surface area contributed by atoms with E-state index >= 15 is 0 Å². The van der Waals surface area contributed by atoms with E-state index in [-0.39, 0.29) is 28.8 Å². The summed E-state index contributed by atoms with van der Waals surface area (Å²) in [7, 11) is 0. The van der Waals surface area contributed by atoms with E-state index in [2.05, 4.69) is 10.6 Å². The lowest BCUT2D eigenvalue weighted by molar-refractivity contribution is -0.123. The zero-order valence-electron chi connectivity index (χ0n) is 14.1. The number of benzene rings is 1. The zero-order chi connectivity index (χ0) is 17.8. The van der Waals surface area contributed by atoms with Gasteiger partial charge in [0.15, 0.2) is 0 Å². The van der Waals surface area contributed by atoms with Crippen LogP contribution in [0, 0.1) is 11.7 Å². The van der Waals surface area contributed by atoms with Crippen molar-refractivity contribution in [3.63, 3.8) is 0 Å². The minimum absolute atomic E-state index is 0.0440. The molecule has 2 saturated heterocycles. The molecule has 0 radical (unpaired) electrons. The number of nitrogens with zero attached hydrogens (tertiary/aromatic N) is 1. The average Bonchev–Trinajstić information content (AvgIpc) is 3.14. The summed E-state index contributed by atoms with van der Waals surface area (Å²) < 4.78 is 13.2. The first-order valence-electron chi connectivity index (χ1n) is 8.80. The van der Waals surface area contributed by atoms with E-state index in [0.29, 0.717) is 25.2 Å². The van der Waals surface area contributed by atoms with E-state index in [1.165, 1.54) is 12.1 Å².